The van der Waals surface area contributed by atoms with Gasteiger partial charge >= 0.3 is 0 Å². The maximum absolute atomic E-state index is 12.2. The molecule has 134 valence electrons. The van der Waals surface area contributed by atoms with E-state index >= 15 is 0 Å². The SMILES string of the molecule is Cc1nc(=O)c2cc(Cl)ccc2n1C1=CCN(Cc2cnn(C)c2)CC1. The Morgan fingerprint density at radius 3 is 2.85 bits per heavy atom. The molecular formula is C19H20ClN5O. The molecule has 0 spiro atoms. The quantitative estimate of drug-likeness (QED) is 0.712. The monoisotopic (exact) mass is 369 g/mol. The second-order valence-corrected chi connectivity index (χ2v) is 7.10. The van der Waals surface area contributed by atoms with E-state index in [1.54, 1.807) is 6.07 Å². The summed E-state index contributed by atoms with van der Waals surface area (Å²) in [5.41, 5.74) is 3.01. The van der Waals surface area contributed by atoms with E-state index in [1.165, 1.54) is 11.3 Å². The van der Waals surface area contributed by atoms with E-state index in [1.807, 2.05) is 43.2 Å². The molecule has 0 fully saturated rings. The molecule has 0 radical (unpaired) electrons. The molecule has 1 aromatic carbocycles. The third-order valence-electron chi connectivity index (χ3n) is 4.74. The molecule has 3 aromatic rings. The van der Waals surface area contributed by atoms with E-state index in [0.717, 1.165) is 31.6 Å². The highest BCUT2D eigenvalue weighted by Gasteiger charge is 2.17. The van der Waals surface area contributed by atoms with Gasteiger partial charge in [-0.2, -0.15) is 10.1 Å². The molecule has 26 heavy (non-hydrogen) atoms. The van der Waals surface area contributed by atoms with Gasteiger partial charge in [-0.1, -0.05) is 17.7 Å². The summed E-state index contributed by atoms with van der Waals surface area (Å²) < 4.78 is 3.90. The minimum absolute atomic E-state index is 0.231. The molecule has 1 aliphatic heterocycles. The van der Waals surface area contributed by atoms with Gasteiger partial charge in [0.05, 0.1) is 17.1 Å². The topological polar surface area (TPSA) is 56.0 Å². The zero-order valence-corrected chi connectivity index (χ0v) is 15.6. The highest BCUT2D eigenvalue weighted by atomic mass is 35.5. The van der Waals surface area contributed by atoms with Crippen LogP contribution in [0.2, 0.25) is 5.02 Å². The van der Waals surface area contributed by atoms with Gasteiger partial charge in [0.25, 0.3) is 5.56 Å². The van der Waals surface area contributed by atoms with Crippen LogP contribution in [0.25, 0.3) is 16.6 Å². The first kappa shape index (κ1) is 17.0. The van der Waals surface area contributed by atoms with Crippen molar-refractivity contribution in [1.82, 2.24) is 24.2 Å². The van der Waals surface area contributed by atoms with Gasteiger partial charge in [-0.3, -0.25) is 14.4 Å². The zero-order chi connectivity index (χ0) is 18.3. The van der Waals surface area contributed by atoms with Gasteiger partial charge in [0, 0.05) is 55.6 Å². The van der Waals surface area contributed by atoms with Crippen molar-refractivity contribution in [3.05, 3.63) is 63.4 Å². The lowest BCUT2D eigenvalue weighted by atomic mass is 10.1. The summed E-state index contributed by atoms with van der Waals surface area (Å²) in [6.07, 6.45) is 7.06. The first-order chi connectivity index (χ1) is 12.5. The fraction of sp³-hybridized carbons (Fsp3) is 0.316. The van der Waals surface area contributed by atoms with Gasteiger partial charge in [0.2, 0.25) is 0 Å². The largest absolute Gasteiger partial charge is 0.302 e. The molecule has 0 aliphatic carbocycles. The molecule has 0 saturated carbocycles. The summed E-state index contributed by atoms with van der Waals surface area (Å²) in [5, 5.41) is 5.33. The fourth-order valence-corrected chi connectivity index (χ4v) is 3.70. The van der Waals surface area contributed by atoms with Crippen LogP contribution in [-0.4, -0.2) is 37.3 Å². The van der Waals surface area contributed by atoms with Crippen molar-refractivity contribution in [1.29, 1.82) is 0 Å². The standard InChI is InChI=1S/C19H20ClN5O/c1-13-22-19(26)17-9-15(20)3-4-18(17)25(13)16-5-7-24(8-6-16)12-14-10-21-23(2)11-14/h3-5,9-11H,6-8,12H2,1-2H3. The second-order valence-electron chi connectivity index (χ2n) is 6.66. The molecule has 2 aromatic heterocycles. The molecular weight excluding hydrogens is 350 g/mol. The Morgan fingerprint density at radius 1 is 1.31 bits per heavy atom. The predicted molar refractivity (Wildman–Crippen MR) is 103 cm³/mol. The summed E-state index contributed by atoms with van der Waals surface area (Å²) >= 11 is 6.06. The summed E-state index contributed by atoms with van der Waals surface area (Å²) in [6, 6.07) is 5.41. The van der Waals surface area contributed by atoms with Crippen LogP contribution in [0.4, 0.5) is 0 Å². The Morgan fingerprint density at radius 2 is 2.15 bits per heavy atom. The Kier molecular flexibility index (Phi) is 4.38. The van der Waals surface area contributed by atoms with Crippen LogP contribution in [0.5, 0.6) is 0 Å². The molecule has 0 amide bonds. The number of nitrogens with zero attached hydrogens (tertiary/aromatic N) is 5. The lowest BCUT2D eigenvalue weighted by molar-refractivity contribution is 0.291. The van der Waals surface area contributed by atoms with Crippen LogP contribution >= 0.6 is 11.6 Å². The Bertz CT molecular complexity index is 1070. The van der Waals surface area contributed by atoms with Crippen molar-refractivity contribution in [2.45, 2.75) is 19.9 Å². The van der Waals surface area contributed by atoms with E-state index in [9.17, 15) is 4.79 Å². The minimum atomic E-state index is -0.231. The molecule has 7 heteroatoms. The third-order valence-corrected chi connectivity index (χ3v) is 4.97. The summed E-state index contributed by atoms with van der Waals surface area (Å²) in [4.78, 5) is 18.8. The van der Waals surface area contributed by atoms with Gasteiger partial charge < -0.3 is 4.57 Å². The number of hydrogen-bond acceptors (Lipinski definition) is 4. The van der Waals surface area contributed by atoms with E-state index < -0.39 is 0 Å². The summed E-state index contributed by atoms with van der Waals surface area (Å²) in [5.74, 6) is 0.705. The van der Waals surface area contributed by atoms with Crippen molar-refractivity contribution >= 4 is 28.2 Å². The van der Waals surface area contributed by atoms with Crippen LogP contribution in [0.3, 0.4) is 0 Å². The van der Waals surface area contributed by atoms with Gasteiger partial charge in [-0.05, 0) is 25.1 Å². The summed E-state index contributed by atoms with van der Waals surface area (Å²) in [7, 11) is 1.93. The first-order valence-electron chi connectivity index (χ1n) is 8.59. The normalized spacial score (nSPS) is 15.4. The number of aryl methyl sites for hydroxylation is 2. The van der Waals surface area contributed by atoms with Crippen LogP contribution in [0.1, 0.15) is 17.8 Å². The summed E-state index contributed by atoms with van der Waals surface area (Å²) in [6.45, 7) is 4.56. The Hall–Kier alpha value is -2.44. The van der Waals surface area contributed by atoms with Crippen LogP contribution < -0.4 is 5.56 Å². The number of benzene rings is 1. The van der Waals surface area contributed by atoms with E-state index in [2.05, 4.69) is 25.6 Å². The smallest absolute Gasteiger partial charge is 0.280 e. The zero-order valence-electron chi connectivity index (χ0n) is 14.8. The van der Waals surface area contributed by atoms with E-state index in [4.69, 9.17) is 11.6 Å². The first-order valence-corrected chi connectivity index (χ1v) is 8.97. The number of halogens is 1. The minimum Gasteiger partial charge on any atom is -0.302 e. The van der Waals surface area contributed by atoms with Gasteiger partial charge in [-0.25, -0.2) is 0 Å². The van der Waals surface area contributed by atoms with Crippen LogP contribution in [0, 0.1) is 6.92 Å². The number of fused-ring (bicyclic) bond motifs is 1. The van der Waals surface area contributed by atoms with E-state index in [0.29, 0.717) is 16.2 Å². The number of hydrogen-bond donors (Lipinski definition) is 0. The Labute approximate surface area is 156 Å². The highest BCUT2D eigenvalue weighted by molar-refractivity contribution is 6.31. The molecule has 0 unspecified atom stereocenters. The maximum Gasteiger partial charge on any atom is 0.280 e. The predicted octanol–water partition coefficient (Wildman–Crippen LogP) is 2.84. The Balaban J connectivity index is 1.65. The molecule has 6 nitrogen and oxygen atoms in total. The van der Waals surface area contributed by atoms with Gasteiger partial charge in [-0.15, -0.1) is 0 Å². The third kappa shape index (κ3) is 3.18. The lowest BCUT2D eigenvalue weighted by Crippen LogP contribution is -2.29. The molecule has 0 N–H and O–H groups in total. The van der Waals surface area contributed by atoms with E-state index in [-0.39, 0.29) is 5.56 Å². The van der Waals surface area contributed by atoms with Crippen LogP contribution in [-0.2, 0) is 13.6 Å². The number of aromatic nitrogens is 4. The molecule has 0 bridgehead atoms. The van der Waals surface area contributed by atoms with Crippen molar-refractivity contribution in [3.8, 4) is 0 Å². The van der Waals surface area contributed by atoms with Crippen molar-refractivity contribution in [3.63, 3.8) is 0 Å². The van der Waals surface area contributed by atoms with Crippen LogP contribution in [0.15, 0.2) is 41.5 Å². The molecule has 3 heterocycles. The number of rotatable bonds is 3. The molecule has 4 rings (SSSR count). The molecule has 0 saturated heterocycles. The molecule has 0 atom stereocenters. The van der Waals surface area contributed by atoms with Crippen molar-refractivity contribution in [2.24, 2.45) is 7.05 Å². The highest BCUT2D eigenvalue weighted by Crippen LogP contribution is 2.24. The average Bonchev–Trinajstić information content (AvgIpc) is 3.02. The molecule has 1 aliphatic rings. The van der Waals surface area contributed by atoms with Gasteiger partial charge in [0.1, 0.15) is 5.82 Å². The average molecular weight is 370 g/mol. The second kappa shape index (κ2) is 6.70. The van der Waals surface area contributed by atoms with Crippen molar-refractivity contribution < 1.29 is 0 Å². The lowest BCUT2D eigenvalue weighted by Gasteiger charge is -2.28. The fourth-order valence-electron chi connectivity index (χ4n) is 3.53. The van der Waals surface area contributed by atoms with Gasteiger partial charge in [0.15, 0.2) is 0 Å². The van der Waals surface area contributed by atoms with Crippen molar-refractivity contribution in [2.75, 3.05) is 13.1 Å². The maximum atomic E-state index is 12.2.